The van der Waals surface area contributed by atoms with Crippen molar-refractivity contribution < 1.29 is 4.79 Å². The molecule has 0 radical (unpaired) electrons. The largest absolute Gasteiger partial charge is 0.342 e. The monoisotopic (exact) mass is 231 g/mol. The van der Waals surface area contributed by atoms with Crippen LogP contribution in [0.15, 0.2) is 18.2 Å². The molecule has 2 rings (SSSR count). The number of aromatic nitrogens is 2. The molecule has 1 amide bonds. The number of carbonyl (C=O) groups is 1. The molecule has 0 aliphatic heterocycles. The molecule has 0 saturated carbocycles. The molecular weight excluding hydrogens is 214 g/mol. The molecule has 0 atom stereocenters. The molecule has 90 valence electrons. The van der Waals surface area contributed by atoms with E-state index in [1.807, 2.05) is 39.0 Å². The fraction of sp³-hybridized carbons (Fsp3) is 0.385. The Morgan fingerprint density at radius 3 is 2.71 bits per heavy atom. The minimum Gasteiger partial charge on any atom is -0.342 e. The summed E-state index contributed by atoms with van der Waals surface area (Å²) >= 11 is 0. The number of fused-ring (bicyclic) bond motifs is 1. The fourth-order valence-electron chi connectivity index (χ4n) is 2.01. The molecule has 0 bridgehead atoms. The summed E-state index contributed by atoms with van der Waals surface area (Å²) in [5.74, 6) is 0.881. The van der Waals surface area contributed by atoms with E-state index in [0.717, 1.165) is 29.9 Å². The van der Waals surface area contributed by atoms with Crippen LogP contribution in [0, 0.1) is 6.92 Å². The number of nitrogens with zero attached hydrogens (tertiary/aromatic N) is 2. The number of imidazole rings is 1. The van der Waals surface area contributed by atoms with Crippen LogP contribution in [0.3, 0.4) is 0 Å². The van der Waals surface area contributed by atoms with Gasteiger partial charge in [-0.3, -0.25) is 4.79 Å². The lowest BCUT2D eigenvalue weighted by molar-refractivity contribution is 0.0775. The number of aryl methyl sites for hydroxylation is 1. The predicted molar refractivity (Wildman–Crippen MR) is 68.1 cm³/mol. The van der Waals surface area contributed by atoms with Gasteiger partial charge in [-0.1, -0.05) is 6.07 Å². The highest BCUT2D eigenvalue weighted by Gasteiger charge is 2.16. The summed E-state index contributed by atoms with van der Waals surface area (Å²) in [7, 11) is 0. The van der Waals surface area contributed by atoms with Crippen LogP contribution in [0.4, 0.5) is 0 Å². The molecule has 0 saturated heterocycles. The van der Waals surface area contributed by atoms with Crippen molar-refractivity contribution in [3.05, 3.63) is 29.6 Å². The average molecular weight is 231 g/mol. The smallest absolute Gasteiger partial charge is 0.256 e. The normalized spacial score (nSPS) is 10.8. The third-order valence-electron chi connectivity index (χ3n) is 2.91. The molecule has 0 spiro atoms. The SMILES string of the molecule is CCN(CC)C(=O)c1cccc2[nH]c(C)nc12. The van der Waals surface area contributed by atoms with Crippen LogP contribution >= 0.6 is 0 Å². The molecule has 0 fully saturated rings. The molecular formula is C13H17N3O. The fourth-order valence-corrected chi connectivity index (χ4v) is 2.01. The van der Waals surface area contributed by atoms with Crippen LogP contribution in [-0.4, -0.2) is 33.9 Å². The first-order chi connectivity index (χ1) is 8.17. The topological polar surface area (TPSA) is 49.0 Å². The summed E-state index contributed by atoms with van der Waals surface area (Å²) in [5, 5.41) is 0. The number of rotatable bonds is 3. The maximum atomic E-state index is 12.3. The third kappa shape index (κ3) is 2.02. The third-order valence-corrected chi connectivity index (χ3v) is 2.91. The number of aromatic amines is 1. The van der Waals surface area contributed by atoms with Crippen LogP contribution in [0.5, 0.6) is 0 Å². The van der Waals surface area contributed by atoms with E-state index in [1.54, 1.807) is 4.90 Å². The molecule has 4 heteroatoms. The van der Waals surface area contributed by atoms with Gasteiger partial charge in [-0.05, 0) is 32.9 Å². The van der Waals surface area contributed by atoms with Crippen LogP contribution in [0.1, 0.15) is 30.0 Å². The van der Waals surface area contributed by atoms with E-state index in [1.165, 1.54) is 0 Å². The Balaban J connectivity index is 2.51. The van der Waals surface area contributed by atoms with Crippen molar-refractivity contribution in [1.29, 1.82) is 0 Å². The summed E-state index contributed by atoms with van der Waals surface area (Å²) in [6.07, 6.45) is 0. The first-order valence-electron chi connectivity index (χ1n) is 5.92. The Morgan fingerprint density at radius 1 is 1.35 bits per heavy atom. The first kappa shape index (κ1) is 11.6. The second-order valence-corrected chi connectivity index (χ2v) is 4.00. The zero-order chi connectivity index (χ0) is 12.4. The van der Waals surface area contributed by atoms with Gasteiger partial charge in [-0.2, -0.15) is 0 Å². The summed E-state index contributed by atoms with van der Waals surface area (Å²) in [6.45, 7) is 7.30. The summed E-state index contributed by atoms with van der Waals surface area (Å²) < 4.78 is 0. The Kier molecular flexibility index (Phi) is 3.13. The van der Waals surface area contributed by atoms with E-state index >= 15 is 0 Å². The molecule has 17 heavy (non-hydrogen) atoms. The van der Waals surface area contributed by atoms with Crippen molar-refractivity contribution in [3.8, 4) is 0 Å². The van der Waals surface area contributed by atoms with E-state index in [2.05, 4.69) is 9.97 Å². The zero-order valence-corrected chi connectivity index (χ0v) is 10.4. The predicted octanol–water partition coefficient (Wildman–Crippen LogP) is 2.35. The Labute approximate surface area is 101 Å². The second kappa shape index (κ2) is 4.57. The van der Waals surface area contributed by atoms with Gasteiger partial charge < -0.3 is 9.88 Å². The van der Waals surface area contributed by atoms with Gasteiger partial charge in [0, 0.05) is 13.1 Å². The zero-order valence-electron chi connectivity index (χ0n) is 10.4. The number of nitrogens with one attached hydrogen (secondary N) is 1. The van der Waals surface area contributed by atoms with Crippen molar-refractivity contribution >= 4 is 16.9 Å². The number of carbonyl (C=O) groups excluding carboxylic acids is 1. The molecule has 1 aromatic heterocycles. The average Bonchev–Trinajstić information content (AvgIpc) is 2.70. The maximum Gasteiger partial charge on any atom is 0.256 e. The lowest BCUT2D eigenvalue weighted by Crippen LogP contribution is -2.30. The minimum atomic E-state index is 0.0482. The van der Waals surface area contributed by atoms with E-state index in [9.17, 15) is 4.79 Å². The second-order valence-electron chi connectivity index (χ2n) is 4.00. The molecule has 1 aromatic carbocycles. The van der Waals surface area contributed by atoms with Gasteiger partial charge in [0.25, 0.3) is 5.91 Å². The number of hydrogen-bond acceptors (Lipinski definition) is 2. The number of para-hydroxylation sites is 1. The molecule has 0 unspecified atom stereocenters. The molecule has 1 heterocycles. The molecule has 0 aliphatic carbocycles. The summed E-state index contributed by atoms with van der Waals surface area (Å²) in [4.78, 5) is 21.6. The number of hydrogen-bond donors (Lipinski definition) is 1. The highest BCUT2D eigenvalue weighted by molar-refractivity contribution is 6.04. The maximum absolute atomic E-state index is 12.3. The van der Waals surface area contributed by atoms with E-state index < -0.39 is 0 Å². The van der Waals surface area contributed by atoms with Gasteiger partial charge in [0.2, 0.25) is 0 Å². The Hall–Kier alpha value is -1.84. The number of H-pyrrole nitrogens is 1. The van der Waals surface area contributed by atoms with Crippen LogP contribution in [-0.2, 0) is 0 Å². The standard InChI is InChI=1S/C13H17N3O/c1-4-16(5-2)13(17)10-7-6-8-11-12(10)15-9(3)14-11/h6-8H,4-5H2,1-3H3,(H,14,15). The minimum absolute atomic E-state index is 0.0482. The summed E-state index contributed by atoms with van der Waals surface area (Å²) in [6, 6.07) is 5.66. The van der Waals surface area contributed by atoms with Crippen molar-refractivity contribution in [1.82, 2.24) is 14.9 Å². The van der Waals surface area contributed by atoms with Crippen molar-refractivity contribution in [2.45, 2.75) is 20.8 Å². The highest BCUT2D eigenvalue weighted by atomic mass is 16.2. The van der Waals surface area contributed by atoms with E-state index in [4.69, 9.17) is 0 Å². The highest BCUT2D eigenvalue weighted by Crippen LogP contribution is 2.18. The van der Waals surface area contributed by atoms with Gasteiger partial charge in [-0.15, -0.1) is 0 Å². The Bertz CT molecular complexity index is 541. The van der Waals surface area contributed by atoms with Crippen molar-refractivity contribution in [3.63, 3.8) is 0 Å². The molecule has 1 N–H and O–H groups in total. The van der Waals surface area contributed by atoms with Crippen LogP contribution in [0.2, 0.25) is 0 Å². The van der Waals surface area contributed by atoms with Crippen LogP contribution < -0.4 is 0 Å². The number of amides is 1. The van der Waals surface area contributed by atoms with E-state index in [0.29, 0.717) is 5.56 Å². The first-order valence-corrected chi connectivity index (χ1v) is 5.92. The van der Waals surface area contributed by atoms with Crippen LogP contribution in [0.25, 0.3) is 11.0 Å². The Morgan fingerprint density at radius 2 is 2.06 bits per heavy atom. The summed E-state index contributed by atoms with van der Waals surface area (Å²) in [5.41, 5.74) is 2.36. The lowest BCUT2D eigenvalue weighted by Gasteiger charge is -2.18. The van der Waals surface area contributed by atoms with Gasteiger partial charge in [0.1, 0.15) is 11.3 Å². The quantitative estimate of drug-likeness (QED) is 0.881. The van der Waals surface area contributed by atoms with Gasteiger partial charge in [0.15, 0.2) is 0 Å². The van der Waals surface area contributed by atoms with Crippen molar-refractivity contribution in [2.24, 2.45) is 0 Å². The van der Waals surface area contributed by atoms with Crippen molar-refractivity contribution in [2.75, 3.05) is 13.1 Å². The molecule has 0 aliphatic rings. The van der Waals surface area contributed by atoms with Gasteiger partial charge in [-0.25, -0.2) is 4.98 Å². The van der Waals surface area contributed by atoms with Gasteiger partial charge in [0.05, 0.1) is 11.1 Å². The van der Waals surface area contributed by atoms with Gasteiger partial charge >= 0.3 is 0 Å². The van der Waals surface area contributed by atoms with E-state index in [-0.39, 0.29) is 5.91 Å². The molecule has 4 nitrogen and oxygen atoms in total. The molecule has 2 aromatic rings. The lowest BCUT2D eigenvalue weighted by atomic mass is 10.1. The number of benzene rings is 1.